The molecule has 1 aromatic heterocycles. The molecule has 0 radical (unpaired) electrons. The highest BCUT2D eigenvalue weighted by molar-refractivity contribution is 7.21. The molecule has 1 aromatic carbocycles. The van der Waals surface area contributed by atoms with E-state index in [2.05, 4.69) is 0 Å². The number of thiazole rings is 1. The normalized spacial score (nSPS) is 10.6. The zero-order valence-electron chi connectivity index (χ0n) is 7.57. The molecule has 13 heavy (non-hydrogen) atoms. The van der Waals surface area contributed by atoms with Gasteiger partial charge in [0, 0.05) is 6.07 Å². The van der Waals surface area contributed by atoms with Gasteiger partial charge in [0.15, 0.2) is 0 Å². The largest absolute Gasteiger partial charge is 0.497 e. The minimum Gasteiger partial charge on any atom is -0.497 e. The van der Waals surface area contributed by atoms with Gasteiger partial charge in [-0.05, 0) is 23.5 Å². The molecule has 0 bridgehead atoms. The number of methoxy groups -OCH3 is 1. The fraction of sp³-hybridized carbons (Fsp3) is 0.222. The Labute approximate surface area is 80.4 Å². The van der Waals surface area contributed by atoms with Crippen LogP contribution in [0.1, 0.15) is 0 Å². The SMILES string of the molecule is COc1ccc2c(c1)sc(N)[n+]2C. The molecule has 0 atom stereocenters. The first-order valence-corrected chi connectivity index (χ1v) is 4.76. The van der Waals surface area contributed by atoms with Gasteiger partial charge in [-0.3, -0.25) is 5.73 Å². The van der Waals surface area contributed by atoms with Crippen molar-refractivity contribution in [2.24, 2.45) is 7.05 Å². The lowest BCUT2D eigenvalue weighted by Gasteiger charge is -1.96. The van der Waals surface area contributed by atoms with E-state index in [1.165, 1.54) is 0 Å². The summed E-state index contributed by atoms with van der Waals surface area (Å²) in [5, 5.41) is 0.809. The molecule has 0 aliphatic rings. The number of aromatic nitrogens is 1. The number of nitrogens with two attached hydrogens (primary N) is 1. The summed E-state index contributed by atoms with van der Waals surface area (Å²) in [6, 6.07) is 5.95. The summed E-state index contributed by atoms with van der Waals surface area (Å²) in [4.78, 5) is 0. The third-order valence-electron chi connectivity index (χ3n) is 2.07. The molecule has 0 unspecified atom stereocenters. The summed E-state index contributed by atoms with van der Waals surface area (Å²) in [5.41, 5.74) is 6.93. The molecule has 1 heterocycles. The molecule has 2 rings (SSSR count). The number of benzene rings is 1. The summed E-state index contributed by atoms with van der Waals surface area (Å²) in [6.45, 7) is 0. The monoisotopic (exact) mass is 195 g/mol. The minimum atomic E-state index is 0.809. The zero-order valence-corrected chi connectivity index (χ0v) is 8.39. The average Bonchev–Trinajstić information content (AvgIpc) is 2.42. The quantitative estimate of drug-likeness (QED) is 0.697. The Morgan fingerprint density at radius 2 is 2.23 bits per heavy atom. The Morgan fingerprint density at radius 1 is 1.46 bits per heavy atom. The molecule has 2 aromatic rings. The summed E-state index contributed by atoms with van der Waals surface area (Å²) < 4.78 is 8.25. The van der Waals surface area contributed by atoms with Gasteiger partial charge in [0.05, 0.1) is 18.9 Å². The molecule has 0 spiro atoms. The van der Waals surface area contributed by atoms with Gasteiger partial charge in [0.25, 0.3) is 0 Å². The van der Waals surface area contributed by atoms with Crippen LogP contribution in [-0.4, -0.2) is 7.11 Å². The molecule has 2 N–H and O–H groups in total. The Kier molecular flexibility index (Phi) is 1.84. The Bertz CT molecular complexity index is 450. The van der Waals surface area contributed by atoms with Crippen molar-refractivity contribution in [1.29, 1.82) is 0 Å². The number of nitrogens with zero attached hydrogens (tertiary/aromatic N) is 1. The van der Waals surface area contributed by atoms with Gasteiger partial charge in [-0.15, -0.1) is 0 Å². The second-order valence-corrected chi connectivity index (χ2v) is 3.90. The maximum atomic E-state index is 5.78. The fourth-order valence-corrected chi connectivity index (χ4v) is 2.23. The molecular weight excluding hydrogens is 184 g/mol. The average molecular weight is 195 g/mol. The van der Waals surface area contributed by atoms with Crippen LogP contribution in [0.2, 0.25) is 0 Å². The minimum absolute atomic E-state index is 0.809. The molecule has 0 saturated carbocycles. The molecule has 0 aliphatic carbocycles. The van der Waals surface area contributed by atoms with Crippen molar-refractivity contribution in [3.63, 3.8) is 0 Å². The third kappa shape index (κ3) is 1.23. The van der Waals surface area contributed by atoms with Crippen molar-refractivity contribution in [2.45, 2.75) is 0 Å². The fourth-order valence-electron chi connectivity index (χ4n) is 1.28. The van der Waals surface area contributed by atoms with Gasteiger partial charge >= 0.3 is 5.13 Å². The van der Waals surface area contributed by atoms with Crippen LogP contribution in [0.4, 0.5) is 5.13 Å². The molecule has 0 fully saturated rings. The summed E-state index contributed by atoms with van der Waals surface area (Å²) in [7, 11) is 3.62. The molecule has 0 aliphatic heterocycles. The van der Waals surface area contributed by atoms with E-state index in [1.54, 1.807) is 18.4 Å². The summed E-state index contributed by atoms with van der Waals surface area (Å²) >= 11 is 1.57. The first-order chi connectivity index (χ1) is 6.22. The van der Waals surface area contributed by atoms with Crippen molar-refractivity contribution in [2.75, 3.05) is 12.8 Å². The van der Waals surface area contributed by atoms with E-state index >= 15 is 0 Å². The van der Waals surface area contributed by atoms with Crippen LogP contribution in [0.3, 0.4) is 0 Å². The predicted octanol–water partition coefficient (Wildman–Crippen LogP) is 1.32. The van der Waals surface area contributed by atoms with Crippen LogP contribution in [0.25, 0.3) is 10.2 Å². The highest BCUT2D eigenvalue weighted by atomic mass is 32.1. The molecule has 0 saturated heterocycles. The van der Waals surface area contributed by atoms with Crippen LogP contribution >= 0.6 is 11.3 Å². The molecule has 3 nitrogen and oxygen atoms in total. The number of hydrogen-bond donors (Lipinski definition) is 1. The van der Waals surface area contributed by atoms with Crippen molar-refractivity contribution in [3.8, 4) is 5.75 Å². The maximum absolute atomic E-state index is 5.78. The molecule has 4 heteroatoms. The molecule has 0 amide bonds. The lowest BCUT2D eigenvalue weighted by Crippen LogP contribution is -2.29. The van der Waals surface area contributed by atoms with Crippen LogP contribution in [-0.2, 0) is 7.05 Å². The highest BCUT2D eigenvalue weighted by Gasteiger charge is 2.10. The smallest absolute Gasteiger partial charge is 0.332 e. The van der Waals surface area contributed by atoms with Crippen LogP contribution in [0.15, 0.2) is 18.2 Å². The van der Waals surface area contributed by atoms with Gasteiger partial charge < -0.3 is 4.74 Å². The molecular formula is C9H11N2OS+. The Morgan fingerprint density at radius 3 is 2.92 bits per heavy atom. The van der Waals surface area contributed by atoms with Gasteiger partial charge in [-0.2, -0.15) is 0 Å². The van der Waals surface area contributed by atoms with E-state index in [1.807, 2.05) is 29.8 Å². The predicted molar refractivity (Wildman–Crippen MR) is 54.0 cm³/mol. The second kappa shape index (κ2) is 2.88. The number of nitrogen functional groups attached to an aromatic ring is 1. The topological polar surface area (TPSA) is 39.1 Å². The third-order valence-corrected chi connectivity index (χ3v) is 3.10. The Hall–Kier alpha value is -1.29. The van der Waals surface area contributed by atoms with E-state index in [0.29, 0.717) is 0 Å². The number of anilines is 1. The maximum Gasteiger partial charge on any atom is 0.332 e. The van der Waals surface area contributed by atoms with E-state index in [9.17, 15) is 0 Å². The first kappa shape index (κ1) is 8.31. The number of hydrogen-bond acceptors (Lipinski definition) is 3. The van der Waals surface area contributed by atoms with Crippen LogP contribution in [0.5, 0.6) is 5.75 Å². The van der Waals surface area contributed by atoms with Crippen LogP contribution < -0.4 is 15.0 Å². The number of ether oxygens (including phenoxy) is 1. The number of fused-ring (bicyclic) bond motifs is 1. The van der Waals surface area contributed by atoms with Gasteiger partial charge in [0.2, 0.25) is 0 Å². The Balaban J connectivity index is 2.73. The van der Waals surface area contributed by atoms with Crippen molar-refractivity contribution < 1.29 is 9.30 Å². The zero-order chi connectivity index (χ0) is 9.42. The van der Waals surface area contributed by atoms with Crippen molar-refractivity contribution >= 4 is 26.7 Å². The van der Waals surface area contributed by atoms with Gasteiger partial charge in [0.1, 0.15) is 11.3 Å². The lowest BCUT2D eigenvalue weighted by molar-refractivity contribution is -0.626. The van der Waals surface area contributed by atoms with Gasteiger partial charge in [-0.1, -0.05) is 0 Å². The van der Waals surface area contributed by atoms with Crippen molar-refractivity contribution in [1.82, 2.24) is 0 Å². The molecule has 68 valence electrons. The lowest BCUT2D eigenvalue weighted by atomic mass is 10.3. The van der Waals surface area contributed by atoms with E-state index in [-0.39, 0.29) is 0 Å². The standard InChI is InChI=1S/C9H10N2OS/c1-11-7-4-3-6(12-2)5-8(7)13-9(11)10/h3-5,10H,1-2H3/p+1. The summed E-state index contributed by atoms with van der Waals surface area (Å²) in [6.07, 6.45) is 0. The van der Waals surface area contributed by atoms with E-state index in [4.69, 9.17) is 10.5 Å². The van der Waals surface area contributed by atoms with Gasteiger partial charge in [-0.25, -0.2) is 4.57 Å². The van der Waals surface area contributed by atoms with Crippen LogP contribution in [0, 0.1) is 0 Å². The van der Waals surface area contributed by atoms with Crippen molar-refractivity contribution in [3.05, 3.63) is 18.2 Å². The van der Waals surface area contributed by atoms with E-state index in [0.717, 1.165) is 21.1 Å². The highest BCUT2D eigenvalue weighted by Crippen LogP contribution is 2.25. The summed E-state index contributed by atoms with van der Waals surface area (Å²) in [5.74, 6) is 0.870. The second-order valence-electron chi connectivity index (χ2n) is 2.83. The first-order valence-electron chi connectivity index (χ1n) is 3.94. The number of aryl methyl sites for hydroxylation is 1. The number of rotatable bonds is 1. The van der Waals surface area contributed by atoms with E-state index < -0.39 is 0 Å².